The lowest BCUT2D eigenvalue weighted by Gasteiger charge is -2.24. The Bertz CT molecular complexity index is 1070. The lowest BCUT2D eigenvalue weighted by Crippen LogP contribution is -2.40. The van der Waals surface area contributed by atoms with Crippen molar-refractivity contribution in [3.8, 4) is 0 Å². The average Bonchev–Trinajstić information content (AvgIpc) is 2.72. The maximum atomic E-state index is 13.2. The van der Waals surface area contributed by atoms with Gasteiger partial charge in [-0.15, -0.1) is 0 Å². The summed E-state index contributed by atoms with van der Waals surface area (Å²) in [5, 5.41) is 3.77. The standard InChI is InChI=1S/C21H18Cl2N2O3S/c22-17-8-6-16(7-9-17)14-24-21(26)15-25(19-4-2-1-3-5-19)29(27,28)20-12-10-18(23)11-13-20/h1-13H,14-15H2,(H,24,26). The highest BCUT2D eigenvalue weighted by Gasteiger charge is 2.27. The number of benzene rings is 3. The minimum Gasteiger partial charge on any atom is -0.350 e. The van der Waals surface area contributed by atoms with E-state index in [-0.39, 0.29) is 18.0 Å². The smallest absolute Gasteiger partial charge is 0.264 e. The molecule has 0 spiro atoms. The average molecular weight is 449 g/mol. The number of hydrogen-bond donors (Lipinski definition) is 1. The molecule has 1 N–H and O–H groups in total. The molecule has 0 fully saturated rings. The Morgan fingerprint density at radius 3 is 1.97 bits per heavy atom. The largest absolute Gasteiger partial charge is 0.350 e. The van der Waals surface area contributed by atoms with Gasteiger partial charge in [-0.3, -0.25) is 9.10 Å². The van der Waals surface area contributed by atoms with Gasteiger partial charge < -0.3 is 5.32 Å². The van der Waals surface area contributed by atoms with Crippen molar-refractivity contribution in [2.24, 2.45) is 0 Å². The van der Waals surface area contributed by atoms with Crippen molar-refractivity contribution in [3.63, 3.8) is 0 Å². The number of nitrogens with zero attached hydrogens (tertiary/aromatic N) is 1. The molecule has 0 saturated heterocycles. The van der Waals surface area contributed by atoms with Crippen LogP contribution in [0.3, 0.4) is 0 Å². The summed E-state index contributed by atoms with van der Waals surface area (Å²) in [4.78, 5) is 12.6. The molecule has 0 radical (unpaired) electrons. The van der Waals surface area contributed by atoms with E-state index >= 15 is 0 Å². The van der Waals surface area contributed by atoms with E-state index in [9.17, 15) is 13.2 Å². The number of carbonyl (C=O) groups is 1. The van der Waals surface area contributed by atoms with Gasteiger partial charge in [-0.05, 0) is 54.1 Å². The first kappa shape index (κ1) is 21.2. The summed E-state index contributed by atoms with van der Waals surface area (Å²) in [5.41, 5.74) is 1.25. The van der Waals surface area contributed by atoms with Crippen molar-refractivity contribution in [2.75, 3.05) is 10.8 Å². The van der Waals surface area contributed by atoms with E-state index in [0.717, 1.165) is 9.87 Å². The van der Waals surface area contributed by atoms with E-state index in [2.05, 4.69) is 5.32 Å². The third kappa shape index (κ3) is 5.50. The van der Waals surface area contributed by atoms with Crippen molar-refractivity contribution in [1.29, 1.82) is 0 Å². The van der Waals surface area contributed by atoms with Gasteiger partial charge in [0.2, 0.25) is 5.91 Å². The molecule has 0 aliphatic heterocycles. The third-order valence-corrected chi connectivity index (χ3v) is 6.43. The van der Waals surface area contributed by atoms with E-state index in [0.29, 0.717) is 15.7 Å². The molecule has 3 aromatic rings. The van der Waals surface area contributed by atoms with Gasteiger partial charge in [-0.1, -0.05) is 53.5 Å². The Morgan fingerprint density at radius 2 is 1.38 bits per heavy atom. The van der Waals surface area contributed by atoms with Crippen molar-refractivity contribution >= 4 is 44.8 Å². The molecule has 3 rings (SSSR count). The molecule has 8 heteroatoms. The van der Waals surface area contributed by atoms with Gasteiger partial charge in [0.05, 0.1) is 10.6 Å². The van der Waals surface area contributed by atoms with Gasteiger partial charge in [-0.25, -0.2) is 8.42 Å². The van der Waals surface area contributed by atoms with Crippen LogP contribution in [0.5, 0.6) is 0 Å². The van der Waals surface area contributed by atoms with Gasteiger partial charge in [0, 0.05) is 16.6 Å². The summed E-state index contributed by atoms with van der Waals surface area (Å²) in [7, 11) is -3.96. The van der Waals surface area contributed by atoms with E-state index in [1.165, 1.54) is 24.3 Å². The number of amides is 1. The Hall–Kier alpha value is -2.54. The summed E-state index contributed by atoms with van der Waals surface area (Å²) >= 11 is 11.7. The van der Waals surface area contributed by atoms with Crippen LogP contribution in [0.1, 0.15) is 5.56 Å². The predicted molar refractivity (Wildman–Crippen MR) is 116 cm³/mol. The summed E-state index contributed by atoms with van der Waals surface area (Å²) in [6.45, 7) is -0.0951. The highest BCUT2D eigenvalue weighted by atomic mass is 35.5. The molecule has 1 amide bonds. The SMILES string of the molecule is O=C(CN(c1ccccc1)S(=O)(=O)c1ccc(Cl)cc1)NCc1ccc(Cl)cc1. The summed E-state index contributed by atoms with van der Waals surface area (Å²) in [6, 6.07) is 21.3. The van der Waals surface area contributed by atoms with Gasteiger partial charge >= 0.3 is 0 Å². The molecule has 0 saturated carbocycles. The number of halogens is 2. The second-order valence-corrected chi connectivity index (χ2v) is 8.94. The van der Waals surface area contributed by atoms with Crippen LogP contribution in [-0.2, 0) is 21.4 Å². The second-order valence-electron chi connectivity index (χ2n) is 6.20. The molecular weight excluding hydrogens is 431 g/mol. The normalized spacial score (nSPS) is 11.1. The predicted octanol–water partition coefficient (Wildman–Crippen LogP) is 4.51. The van der Waals surface area contributed by atoms with Crippen molar-refractivity contribution in [3.05, 3.63) is 94.5 Å². The lowest BCUT2D eigenvalue weighted by molar-refractivity contribution is -0.119. The zero-order valence-electron chi connectivity index (χ0n) is 15.3. The van der Waals surface area contributed by atoms with Gasteiger partial charge in [0.25, 0.3) is 10.0 Å². The fourth-order valence-electron chi connectivity index (χ4n) is 2.63. The van der Waals surface area contributed by atoms with Crippen LogP contribution >= 0.6 is 23.2 Å². The highest BCUT2D eigenvalue weighted by molar-refractivity contribution is 7.92. The molecule has 5 nitrogen and oxygen atoms in total. The first-order valence-corrected chi connectivity index (χ1v) is 10.9. The third-order valence-electron chi connectivity index (χ3n) is 4.14. The minimum absolute atomic E-state index is 0.0521. The fourth-order valence-corrected chi connectivity index (χ4v) is 4.31. The van der Waals surface area contributed by atoms with Crippen molar-refractivity contribution in [1.82, 2.24) is 5.32 Å². The second kappa shape index (κ2) is 9.31. The Balaban J connectivity index is 1.81. The molecule has 0 bridgehead atoms. The maximum absolute atomic E-state index is 13.2. The molecule has 3 aromatic carbocycles. The van der Waals surface area contributed by atoms with Crippen LogP contribution in [-0.4, -0.2) is 20.9 Å². The molecule has 0 heterocycles. The van der Waals surface area contributed by atoms with Crippen LogP contribution in [0.15, 0.2) is 83.8 Å². The summed E-state index contributed by atoms with van der Waals surface area (Å²) < 4.78 is 27.4. The Kier molecular flexibility index (Phi) is 6.79. The molecule has 0 aromatic heterocycles. The van der Waals surface area contributed by atoms with Crippen LogP contribution in [0.4, 0.5) is 5.69 Å². The summed E-state index contributed by atoms with van der Waals surface area (Å²) in [5.74, 6) is -0.429. The molecule has 150 valence electrons. The van der Waals surface area contributed by atoms with Crippen LogP contribution in [0.2, 0.25) is 10.0 Å². The quantitative estimate of drug-likeness (QED) is 0.578. The van der Waals surface area contributed by atoms with Crippen LogP contribution in [0.25, 0.3) is 0 Å². The minimum atomic E-state index is -3.96. The Labute approximate surface area is 179 Å². The van der Waals surface area contributed by atoms with Crippen LogP contribution in [0, 0.1) is 0 Å². The number of hydrogen-bond acceptors (Lipinski definition) is 3. The topological polar surface area (TPSA) is 66.5 Å². The zero-order valence-corrected chi connectivity index (χ0v) is 17.6. The molecule has 0 atom stereocenters. The first-order chi connectivity index (χ1) is 13.9. The molecular formula is C21H18Cl2N2O3S. The lowest BCUT2D eigenvalue weighted by atomic mass is 10.2. The number of sulfonamides is 1. The molecule has 29 heavy (non-hydrogen) atoms. The van der Waals surface area contributed by atoms with Crippen molar-refractivity contribution in [2.45, 2.75) is 11.4 Å². The van der Waals surface area contributed by atoms with E-state index in [1.54, 1.807) is 54.6 Å². The van der Waals surface area contributed by atoms with Gasteiger partial charge in [0.15, 0.2) is 0 Å². The first-order valence-electron chi connectivity index (χ1n) is 8.71. The number of carbonyl (C=O) groups excluding carboxylic acids is 1. The van der Waals surface area contributed by atoms with Gasteiger partial charge in [-0.2, -0.15) is 0 Å². The summed E-state index contributed by atoms with van der Waals surface area (Å²) in [6.07, 6.45) is 0. The van der Waals surface area contributed by atoms with E-state index < -0.39 is 15.9 Å². The number of rotatable bonds is 7. The van der Waals surface area contributed by atoms with Gasteiger partial charge in [0.1, 0.15) is 6.54 Å². The molecule has 0 aliphatic rings. The van der Waals surface area contributed by atoms with E-state index in [4.69, 9.17) is 23.2 Å². The molecule has 0 aliphatic carbocycles. The number of anilines is 1. The zero-order chi connectivity index (χ0) is 20.9. The highest BCUT2D eigenvalue weighted by Crippen LogP contribution is 2.24. The number of para-hydroxylation sites is 1. The maximum Gasteiger partial charge on any atom is 0.264 e. The monoisotopic (exact) mass is 448 g/mol. The number of nitrogens with one attached hydrogen (secondary N) is 1. The fraction of sp³-hybridized carbons (Fsp3) is 0.0952. The van der Waals surface area contributed by atoms with Crippen molar-refractivity contribution < 1.29 is 13.2 Å². The Morgan fingerprint density at radius 1 is 0.828 bits per heavy atom. The van der Waals surface area contributed by atoms with Crippen LogP contribution < -0.4 is 9.62 Å². The van der Waals surface area contributed by atoms with E-state index in [1.807, 2.05) is 0 Å². The molecule has 0 unspecified atom stereocenters.